The van der Waals surface area contributed by atoms with Crippen LogP contribution in [0.3, 0.4) is 0 Å². The van der Waals surface area contributed by atoms with Crippen LogP contribution in [0.1, 0.15) is 0 Å². The summed E-state index contributed by atoms with van der Waals surface area (Å²) in [5, 5.41) is 0. The Bertz CT molecular complexity index is 290. The van der Waals surface area contributed by atoms with Gasteiger partial charge in [0, 0.05) is 34.1 Å². The van der Waals surface area contributed by atoms with E-state index in [4.69, 9.17) is 24.5 Å². The molecule has 0 amide bonds. The number of phosphoric acid groups is 3. The van der Waals surface area contributed by atoms with E-state index >= 15 is 0 Å². The van der Waals surface area contributed by atoms with Gasteiger partial charge in [-0.05, 0) is 0 Å². The first-order valence-electron chi connectivity index (χ1n) is 2.28. The van der Waals surface area contributed by atoms with E-state index in [0.717, 1.165) is 0 Å². The van der Waals surface area contributed by atoms with E-state index in [1.807, 2.05) is 0 Å². The monoisotopic (exact) mass is 418 g/mol. The minimum absolute atomic E-state index is 0. The molecule has 0 radical (unpaired) electrons. The molecule has 0 fully saturated rings. The second-order valence-electron chi connectivity index (χ2n) is 1.61. The van der Waals surface area contributed by atoms with E-state index in [0.29, 0.717) is 0 Å². The van der Waals surface area contributed by atoms with Gasteiger partial charge in [-0.2, -0.15) is 8.62 Å². The number of rotatable bonds is 4. The molecule has 5 N–H and O–H groups in total. The van der Waals surface area contributed by atoms with Crippen molar-refractivity contribution >= 4 is 82.6 Å². The first kappa shape index (κ1) is 32.4. The summed E-state index contributed by atoms with van der Waals surface area (Å²) in [6.07, 6.45) is 0. The van der Waals surface area contributed by atoms with Gasteiger partial charge >= 0.3 is 82.6 Å². The Hall–Kier alpha value is 3.45. The van der Waals surface area contributed by atoms with Gasteiger partial charge in [-0.15, -0.1) is 0 Å². The van der Waals surface area contributed by atoms with Crippen molar-refractivity contribution in [2.45, 2.75) is 0 Å². The van der Waals surface area contributed by atoms with Crippen molar-refractivity contribution in [1.29, 1.82) is 0 Å². The summed E-state index contributed by atoms with van der Waals surface area (Å²) in [4.78, 5) is 40.2. The molecule has 100 valence electrons. The van der Waals surface area contributed by atoms with Crippen molar-refractivity contribution in [3.8, 4) is 0 Å². The predicted molar refractivity (Wildman–Crippen MR) is 50.4 cm³/mol. The molecule has 17 heavy (non-hydrogen) atoms. The molecule has 0 rings (SSSR count). The van der Waals surface area contributed by atoms with Gasteiger partial charge in [0.15, 0.2) is 0 Å². The Morgan fingerprint density at radius 2 is 0.824 bits per heavy atom. The van der Waals surface area contributed by atoms with Crippen molar-refractivity contribution in [3.63, 3.8) is 0 Å². The summed E-state index contributed by atoms with van der Waals surface area (Å²) in [5.74, 6) is 0. The molecule has 0 aliphatic heterocycles. The van der Waals surface area contributed by atoms with Crippen LogP contribution >= 0.6 is 23.5 Å². The van der Waals surface area contributed by atoms with E-state index in [1.165, 1.54) is 0 Å². The fourth-order valence-electron chi connectivity index (χ4n) is 0.284. The van der Waals surface area contributed by atoms with Crippen LogP contribution < -0.4 is 0 Å². The molecule has 0 aromatic rings. The summed E-state index contributed by atoms with van der Waals surface area (Å²) in [7, 11) is -16.2. The van der Waals surface area contributed by atoms with Crippen molar-refractivity contribution in [3.05, 3.63) is 0 Å². The Kier molecular flexibility index (Phi) is 23.0. The molecule has 0 saturated carbocycles. The van der Waals surface area contributed by atoms with E-state index in [2.05, 4.69) is 8.62 Å². The molecule has 0 aliphatic rings. The van der Waals surface area contributed by atoms with Gasteiger partial charge in [-0.3, -0.25) is 0 Å². The Morgan fingerprint density at radius 3 is 0.941 bits per heavy atom. The van der Waals surface area contributed by atoms with Gasteiger partial charge in [0.1, 0.15) is 0 Å². The number of hydrogen-bond donors (Lipinski definition) is 5. The summed E-state index contributed by atoms with van der Waals surface area (Å²) < 4.78 is 36.4. The molecule has 0 saturated heterocycles. The van der Waals surface area contributed by atoms with Gasteiger partial charge in [0.05, 0.1) is 0 Å². The third-order valence-corrected chi connectivity index (χ3v) is 3.77. The van der Waals surface area contributed by atoms with E-state index < -0.39 is 23.5 Å². The Balaban J connectivity index is -0.000000120. The zero-order chi connectivity index (χ0) is 10.9. The van der Waals surface area contributed by atoms with Gasteiger partial charge < -0.3 is 24.5 Å². The van der Waals surface area contributed by atoms with Crippen LogP contribution in [0.5, 0.6) is 0 Å². The summed E-state index contributed by atoms with van der Waals surface area (Å²) in [6, 6.07) is 0. The molecular formula is H7Fe2Na2O10P3. The van der Waals surface area contributed by atoms with E-state index in [-0.39, 0.29) is 93.3 Å². The molecule has 0 aromatic heterocycles. The zero-order valence-corrected chi connectivity index (χ0v) is 11.2. The van der Waals surface area contributed by atoms with Crippen LogP contribution in [0.4, 0.5) is 0 Å². The molecule has 10 nitrogen and oxygen atoms in total. The van der Waals surface area contributed by atoms with Crippen LogP contribution in [0.15, 0.2) is 0 Å². The SMILES string of the molecule is O=P(O)(O)OP(=O)(O)OP(=O)(O)O.[Fe].[Fe].[NaH].[NaH]. The predicted octanol–water partition coefficient (Wildman–Crippen LogP) is -2.00. The summed E-state index contributed by atoms with van der Waals surface area (Å²) in [6.45, 7) is 0. The molecule has 0 heterocycles. The molecule has 0 aromatic carbocycles. The maximum atomic E-state index is 10.4. The van der Waals surface area contributed by atoms with Gasteiger partial charge in [-0.25, -0.2) is 13.7 Å². The van der Waals surface area contributed by atoms with Gasteiger partial charge in [-0.1, -0.05) is 0 Å². The molecule has 0 atom stereocenters. The first-order valence-corrected chi connectivity index (χ1v) is 6.83. The third kappa shape index (κ3) is 24.8. The van der Waals surface area contributed by atoms with Crippen LogP contribution in [-0.2, 0) is 56.5 Å². The quantitative estimate of drug-likeness (QED) is 0.254. The topological polar surface area (TPSA) is 171 Å². The third-order valence-electron chi connectivity index (χ3n) is 0.419. The molecular weight excluding hydrogens is 411 g/mol. The molecule has 0 aliphatic carbocycles. The minimum atomic E-state index is -5.46. The standard InChI is InChI=1S/2Fe.2Na.H5O10P3.2H/c;;;;1-11(2,3)9-13(7,8)10-12(4,5)6;;/h;;;;(H,7,8)(H2,1,2,3)(H2,4,5,6);;. The fourth-order valence-corrected chi connectivity index (χ4v) is 2.82. The zero-order valence-electron chi connectivity index (χ0n) is 6.33. The van der Waals surface area contributed by atoms with Crippen molar-refractivity contribution in [2.75, 3.05) is 0 Å². The maximum absolute atomic E-state index is 10.4. The van der Waals surface area contributed by atoms with Gasteiger partial charge in [0.2, 0.25) is 0 Å². The second kappa shape index (κ2) is 12.0. The molecule has 17 heteroatoms. The van der Waals surface area contributed by atoms with Crippen LogP contribution in [-0.4, -0.2) is 83.6 Å². The summed E-state index contributed by atoms with van der Waals surface area (Å²) in [5.41, 5.74) is 0. The van der Waals surface area contributed by atoms with Crippen LogP contribution in [0, 0.1) is 0 Å². The number of hydrogen-bond acceptors (Lipinski definition) is 5. The second-order valence-corrected chi connectivity index (χ2v) is 5.82. The van der Waals surface area contributed by atoms with Crippen molar-refractivity contribution < 1.29 is 80.9 Å². The van der Waals surface area contributed by atoms with Crippen molar-refractivity contribution in [1.82, 2.24) is 0 Å². The molecule has 0 spiro atoms. The van der Waals surface area contributed by atoms with E-state index in [9.17, 15) is 13.7 Å². The average molecular weight is 418 g/mol. The molecule has 0 unspecified atom stereocenters. The summed E-state index contributed by atoms with van der Waals surface area (Å²) >= 11 is 0. The first-order chi connectivity index (χ1) is 5.41. The normalized spacial score (nSPS) is 11.1. The van der Waals surface area contributed by atoms with Crippen LogP contribution in [0.25, 0.3) is 0 Å². The average Bonchev–Trinajstić information content (AvgIpc) is 1.43. The van der Waals surface area contributed by atoms with Crippen LogP contribution in [0.2, 0.25) is 0 Å². The fraction of sp³-hybridized carbons (Fsp3) is 0. The van der Waals surface area contributed by atoms with Gasteiger partial charge in [0.25, 0.3) is 0 Å². The Labute approximate surface area is 161 Å². The van der Waals surface area contributed by atoms with E-state index in [1.54, 1.807) is 0 Å². The Morgan fingerprint density at radius 1 is 0.647 bits per heavy atom. The van der Waals surface area contributed by atoms with Crippen molar-refractivity contribution in [2.24, 2.45) is 0 Å². The molecule has 0 bridgehead atoms.